The number of H-pyrrole nitrogens is 1. The molecule has 4 rings (SSSR count). The van der Waals surface area contributed by atoms with Crippen LogP contribution in [-0.2, 0) is 25.0 Å². The maximum Gasteiger partial charge on any atom is 0.403 e. The molecule has 0 amide bonds. The zero-order chi connectivity index (χ0) is 25.3. The largest absolute Gasteiger partial charge is 0.480 e. The fourth-order valence-corrected chi connectivity index (χ4v) is 4.85. The second kappa shape index (κ2) is 9.87. The van der Waals surface area contributed by atoms with E-state index in [0.717, 1.165) is 15.5 Å². The van der Waals surface area contributed by atoms with Crippen molar-refractivity contribution in [3.05, 3.63) is 58.8 Å². The maximum absolute atomic E-state index is 12.6. The number of nitrogens with zero attached hydrogens (tertiary/aromatic N) is 2. The highest BCUT2D eigenvalue weighted by molar-refractivity contribution is 7.50. The van der Waals surface area contributed by atoms with Gasteiger partial charge < -0.3 is 35.7 Å². The number of nitrogens with two attached hydrogens (primary N) is 1. The number of aromatic amines is 1. The molecule has 3 heterocycles. The number of aromatic nitrogens is 3. The van der Waals surface area contributed by atoms with Gasteiger partial charge in [-0.1, -0.05) is 18.2 Å². The van der Waals surface area contributed by atoms with E-state index in [4.69, 9.17) is 15.0 Å². The first-order valence-corrected chi connectivity index (χ1v) is 12.0. The normalized spacial score (nSPS) is 24.9. The first-order valence-electron chi connectivity index (χ1n) is 10.4. The highest BCUT2D eigenvalue weighted by atomic mass is 31.2. The Morgan fingerprint density at radius 2 is 2.06 bits per heavy atom. The third-order valence-corrected chi connectivity index (χ3v) is 6.73. The van der Waals surface area contributed by atoms with Crippen LogP contribution in [0.4, 0.5) is 5.82 Å². The average molecular weight is 509 g/mol. The number of rotatable bonds is 9. The molecule has 6 atom stereocenters. The lowest BCUT2D eigenvalue weighted by Gasteiger charge is -2.21. The number of aliphatic hydroxyl groups excluding tert-OH is 2. The highest BCUT2D eigenvalue weighted by Crippen LogP contribution is 2.40. The quantitative estimate of drug-likeness (QED) is 0.178. The summed E-state index contributed by atoms with van der Waals surface area (Å²) in [6.07, 6.45) is -3.10. The Balaban J connectivity index is 1.41. The molecule has 1 fully saturated rings. The molecular weight excluding hydrogens is 485 g/mol. The second-order valence-electron chi connectivity index (χ2n) is 7.99. The number of aliphatic carboxylic acids is 1. The van der Waals surface area contributed by atoms with Crippen molar-refractivity contribution in [2.75, 3.05) is 12.3 Å². The number of hydrogen-bond donors (Lipinski definition) is 7. The van der Waals surface area contributed by atoms with Gasteiger partial charge in [0.1, 0.15) is 30.2 Å². The molecule has 1 saturated heterocycles. The molecule has 0 bridgehead atoms. The van der Waals surface area contributed by atoms with Crippen LogP contribution in [-0.4, -0.2) is 71.7 Å². The smallest absolute Gasteiger partial charge is 0.403 e. The topological polar surface area (TPSA) is 222 Å². The fourth-order valence-electron chi connectivity index (χ4n) is 3.83. The van der Waals surface area contributed by atoms with Crippen molar-refractivity contribution in [1.29, 1.82) is 0 Å². The third kappa shape index (κ3) is 5.44. The molecule has 35 heavy (non-hydrogen) atoms. The van der Waals surface area contributed by atoms with E-state index in [0.29, 0.717) is 5.56 Å². The first kappa shape index (κ1) is 25.0. The number of anilines is 1. The van der Waals surface area contributed by atoms with E-state index in [1.54, 1.807) is 18.3 Å². The lowest BCUT2D eigenvalue weighted by atomic mass is 10.1. The molecule has 188 valence electrons. The molecule has 8 N–H and O–H groups in total. The lowest BCUT2D eigenvalue weighted by Crippen LogP contribution is -2.38. The second-order valence-corrected chi connectivity index (χ2v) is 9.55. The van der Waals surface area contributed by atoms with E-state index in [2.05, 4.69) is 15.1 Å². The Morgan fingerprint density at radius 1 is 1.31 bits per heavy atom. The Hall–Kier alpha value is -3.10. The van der Waals surface area contributed by atoms with Gasteiger partial charge in [0.25, 0.3) is 0 Å². The summed E-state index contributed by atoms with van der Waals surface area (Å²) in [6, 6.07) is 7.01. The molecule has 15 heteroatoms. The number of carbonyl (C=O) groups is 1. The predicted octanol–water partition coefficient (Wildman–Crippen LogP) is -0.672. The third-order valence-electron chi connectivity index (χ3n) is 5.59. The van der Waals surface area contributed by atoms with E-state index in [1.807, 2.05) is 12.1 Å². The molecule has 2 aromatic heterocycles. The predicted molar refractivity (Wildman–Crippen MR) is 121 cm³/mol. The summed E-state index contributed by atoms with van der Waals surface area (Å²) in [5, 5.41) is 33.0. The van der Waals surface area contributed by atoms with Gasteiger partial charge in [0.2, 0.25) is 0 Å². The van der Waals surface area contributed by atoms with Crippen LogP contribution in [0.5, 0.6) is 0 Å². The number of benzene rings is 1. The SMILES string of the molecule is Nc1ccn(C2OC(COP(=O)(O)N[C@@H](Cc3c[nH]c4ccccc34)C(=O)O)C(O)C2O)c(=O)n1. The lowest BCUT2D eigenvalue weighted by molar-refractivity contribution is -0.139. The zero-order valence-electron chi connectivity index (χ0n) is 18.1. The van der Waals surface area contributed by atoms with E-state index in [9.17, 15) is 34.4 Å². The number of nitrogen functional groups attached to an aromatic ring is 1. The summed E-state index contributed by atoms with van der Waals surface area (Å²) in [4.78, 5) is 40.5. The fraction of sp³-hybridized carbons (Fsp3) is 0.350. The van der Waals surface area contributed by atoms with Crippen molar-refractivity contribution in [3.63, 3.8) is 0 Å². The summed E-state index contributed by atoms with van der Waals surface area (Å²) >= 11 is 0. The molecule has 1 aliphatic rings. The maximum atomic E-state index is 12.6. The van der Waals surface area contributed by atoms with Gasteiger partial charge in [0.05, 0.1) is 6.61 Å². The molecule has 3 aromatic rings. The Morgan fingerprint density at radius 3 is 2.77 bits per heavy atom. The van der Waals surface area contributed by atoms with Gasteiger partial charge in [-0.05, 0) is 17.7 Å². The van der Waals surface area contributed by atoms with Gasteiger partial charge in [0, 0.05) is 29.7 Å². The number of carboxylic acids is 1. The van der Waals surface area contributed by atoms with Crippen LogP contribution in [0.1, 0.15) is 11.8 Å². The number of aliphatic hydroxyl groups is 2. The molecule has 1 aromatic carbocycles. The molecule has 5 unspecified atom stereocenters. The van der Waals surface area contributed by atoms with Gasteiger partial charge in [-0.2, -0.15) is 4.98 Å². The minimum Gasteiger partial charge on any atom is -0.480 e. The minimum absolute atomic E-state index is 0.0490. The number of fused-ring (bicyclic) bond motifs is 1. The van der Waals surface area contributed by atoms with Crippen molar-refractivity contribution in [2.24, 2.45) is 0 Å². The van der Waals surface area contributed by atoms with Crippen LogP contribution >= 0.6 is 7.75 Å². The molecule has 14 nitrogen and oxygen atoms in total. The Labute approximate surface area is 197 Å². The number of nitrogens with one attached hydrogen (secondary N) is 2. The molecule has 0 spiro atoms. The zero-order valence-corrected chi connectivity index (χ0v) is 19.0. The van der Waals surface area contributed by atoms with Crippen molar-refractivity contribution in [1.82, 2.24) is 19.6 Å². The Kier molecular flexibility index (Phi) is 7.05. The van der Waals surface area contributed by atoms with Crippen LogP contribution in [0.2, 0.25) is 0 Å². The summed E-state index contributed by atoms with van der Waals surface area (Å²) in [5.41, 5.74) is 6.00. The summed E-state index contributed by atoms with van der Waals surface area (Å²) in [6.45, 7) is -0.688. The van der Waals surface area contributed by atoms with Crippen molar-refractivity contribution in [3.8, 4) is 0 Å². The van der Waals surface area contributed by atoms with Crippen molar-refractivity contribution < 1.29 is 38.8 Å². The molecule has 0 aliphatic carbocycles. The van der Waals surface area contributed by atoms with E-state index < -0.39 is 56.6 Å². The number of hydrogen-bond acceptors (Lipinski definition) is 9. The summed E-state index contributed by atoms with van der Waals surface area (Å²) < 4.78 is 23.9. The highest BCUT2D eigenvalue weighted by Gasteiger charge is 2.45. The summed E-state index contributed by atoms with van der Waals surface area (Å²) in [7, 11) is -4.70. The van der Waals surface area contributed by atoms with Crippen LogP contribution in [0, 0.1) is 0 Å². The standard InChI is InChI=1S/C20H24N5O9P/c21-15-5-6-25(20(30)23-15)18-17(27)16(26)14(34-18)9-33-35(31,32)24-13(19(28)29)7-10-8-22-12-4-2-1-3-11(10)12/h1-6,8,13-14,16-18,22,26-27H,7,9H2,(H,28,29)(H2,21,23,30)(H2,24,31,32)/t13-,14?,16?,17?,18?/m0/s1. The van der Waals surface area contributed by atoms with Gasteiger partial charge in [-0.25, -0.2) is 14.4 Å². The van der Waals surface area contributed by atoms with E-state index >= 15 is 0 Å². The van der Waals surface area contributed by atoms with Crippen LogP contribution < -0.4 is 16.5 Å². The monoisotopic (exact) mass is 509 g/mol. The van der Waals surface area contributed by atoms with Gasteiger partial charge >= 0.3 is 19.4 Å². The van der Waals surface area contributed by atoms with Crippen LogP contribution in [0.25, 0.3) is 10.9 Å². The van der Waals surface area contributed by atoms with Crippen molar-refractivity contribution >= 4 is 30.4 Å². The molecule has 0 radical (unpaired) electrons. The Bertz CT molecular complexity index is 1330. The number of ether oxygens (including phenoxy) is 1. The van der Waals surface area contributed by atoms with Gasteiger partial charge in [0.15, 0.2) is 6.23 Å². The number of carboxylic acid groups (broad SMARTS) is 1. The molecule has 0 saturated carbocycles. The average Bonchev–Trinajstić information content (AvgIpc) is 3.33. The van der Waals surface area contributed by atoms with Gasteiger partial charge in [-0.15, -0.1) is 0 Å². The van der Waals surface area contributed by atoms with Gasteiger partial charge in [-0.3, -0.25) is 13.9 Å². The van der Waals surface area contributed by atoms with E-state index in [-0.39, 0.29) is 12.2 Å². The number of para-hydroxylation sites is 1. The minimum atomic E-state index is -4.70. The van der Waals surface area contributed by atoms with Crippen LogP contribution in [0.15, 0.2) is 47.5 Å². The molecular formula is C20H24N5O9P. The van der Waals surface area contributed by atoms with Crippen molar-refractivity contribution in [2.45, 2.75) is 37.0 Å². The molecule has 1 aliphatic heterocycles. The van der Waals surface area contributed by atoms with Crippen LogP contribution in [0.3, 0.4) is 0 Å². The first-order chi connectivity index (χ1) is 16.6. The summed E-state index contributed by atoms with van der Waals surface area (Å²) in [5.74, 6) is -1.43. The van der Waals surface area contributed by atoms with E-state index in [1.165, 1.54) is 12.3 Å².